The van der Waals surface area contributed by atoms with Crippen molar-refractivity contribution < 1.29 is 14.3 Å². The van der Waals surface area contributed by atoms with Gasteiger partial charge in [-0.2, -0.15) is 0 Å². The number of methoxy groups -OCH3 is 2. The fourth-order valence-electron chi connectivity index (χ4n) is 4.05. The van der Waals surface area contributed by atoms with E-state index in [9.17, 15) is 4.79 Å². The van der Waals surface area contributed by atoms with Crippen molar-refractivity contribution >= 4 is 11.6 Å². The highest BCUT2D eigenvalue weighted by molar-refractivity contribution is 6.13. The van der Waals surface area contributed by atoms with Crippen LogP contribution in [0.4, 0.5) is 5.69 Å². The Hall–Kier alpha value is -3.27. The summed E-state index contributed by atoms with van der Waals surface area (Å²) in [5.74, 6) is 1.31. The van der Waals surface area contributed by atoms with Crippen LogP contribution >= 0.6 is 0 Å². The number of amides is 1. The van der Waals surface area contributed by atoms with E-state index in [1.54, 1.807) is 19.1 Å². The summed E-state index contributed by atoms with van der Waals surface area (Å²) < 4.78 is 11.0. The Labute approximate surface area is 159 Å². The minimum Gasteiger partial charge on any atom is -0.497 e. The molecule has 136 valence electrons. The average molecular weight is 359 g/mol. The van der Waals surface area contributed by atoms with Crippen LogP contribution in [0.3, 0.4) is 0 Å². The Morgan fingerprint density at radius 1 is 0.815 bits per heavy atom. The summed E-state index contributed by atoms with van der Waals surface area (Å²) in [7, 11) is 5.05. The predicted octanol–water partition coefficient (Wildman–Crippen LogP) is 4.01. The third kappa shape index (κ3) is 2.33. The van der Waals surface area contributed by atoms with Crippen molar-refractivity contribution in [2.45, 2.75) is 5.41 Å². The van der Waals surface area contributed by atoms with Gasteiger partial charge in [0.1, 0.15) is 16.9 Å². The minimum atomic E-state index is -0.968. The maximum Gasteiger partial charge on any atom is 0.246 e. The van der Waals surface area contributed by atoms with Gasteiger partial charge in [-0.25, -0.2) is 0 Å². The molecule has 0 bridgehead atoms. The fraction of sp³-hybridized carbons (Fsp3) is 0.174. The van der Waals surface area contributed by atoms with Crippen LogP contribution in [-0.2, 0) is 10.2 Å². The second-order valence-electron chi connectivity index (χ2n) is 6.56. The number of carbonyl (C=O) groups excluding carboxylic acids is 1. The molecule has 0 N–H and O–H groups in total. The monoisotopic (exact) mass is 359 g/mol. The van der Waals surface area contributed by atoms with Crippen molar-refractivity contribution in [3.8, 4) is 11.5 Å². The second-order valence-corrected chi connectivity index (χ2v) is 6.56. The maximum absolute atomic E-state index is 13.7. The lowest BCUT2D eigenvalue weighted by Gasteiger charge is -2.31. The molecule has 4 rings (SSSR count). The Morgan fingerprint density at radius 3 is 2.22 bits per heavy atom. The van der Waals surface area contributed by atoms with Crippen LogP contribution in [0.25, 0.3) is 0 Å². The third-order valence-electron chi connectivity index (χ3n) is 5.31. The largest absolute Gasteiger partial charge is 0.497 e. The molecular weight excluding hydrogens is 338 g/mol. The van der Waals surface area contributed by atoms with Crippen molar-refractivity contribution in [1.82, 2.24) is 0 Å². The summed E-state index contributed by atoms with van der Waals surface area (Å²) in [6.45, 7) is 0. The Balaban J connectivity index is 2.11. The number of benzene rings is 3. The summed E-state index contributed by atoms with van der Waals surface area (Å²) in [6.07, 6.45) is 0. The second kappa shape index (κ2) is 6.47. The third-order valence-corrected chi connectivity index (χ3v) is 5.31. The summed E-state index contributed by atoms with van der Waals surface area (Å²) in [4.78, 5) is 15.5. The van der Waals surface area contributed by atoms with Gasteiger partial charge >= 0.3 is 0 Å². The van der Waals surface area contributed by atoms with Crippen LogP contribution in [0.15, 0.2) is 72.8 Å². The van der Waals surface area contributed by atoms with E-state index < -0.39 is 5.41 Å². The zero-order chi connectivity index (χ0) is 19.0. The first kappa shape index (κ1) is 17.2. The number of hydrogen-bond donors (Lipinski definition) is 0. The number of carbonyl (C=O) groups is 1. The molecule has 1 heterocycles. The van der Waals surface area contributed by atoms with E-state index in [4.69, 9.17) is 9.47 Å². The lowest BCUT2D eigenvalue weighted by atomic mass is 9.70. The maximum atomic E-state index is 13.7. The number of likely N-dealkylation sites (N-methyl/N-ethyl adjacent to an activating group) is 1. The molecule has 0 radical (unpaired) electrons. The van der Waals surface area contributed by atoms with Gasteiger partial charge in [-0.15, -0.1) is 0 Å². The Kier molecular flexibility index (Phi) is 4.11. The van der Waals surface area contributed by atoms with E-state index in [2.05, 4.69) is 0 Å². The van der Waals surface area contributed by atoms with Crippen LogP contribution in [0.1, 0.15) is 16.7 Å². The molecule has 1 aliphatic rings. The number of nitrogens with zero attached hydrogens (tertiary/aromatic N) is 1. The summed E-state index contributed by atoms with van der Waals surface area (Å²) in [6, 6.07) is 23.4. The molecule has 0 aromatic heterocycles. The highest BCUT2D eigenvalue weighted by Crippen LogP contribution is 2.52. The number of hydrogen-bond acceptors (Lipinski definition) is 3. The van der Waals surface area contributed by atoms with Gasteiger partial charge in [0.25, 0.3) is 0 Å². The number of ether oxygens (including phenoxy) is 2. The van der Waals surface area contributed by atoms with E-state index in [1.807, 2.05) is 79.8 Å². The Morgan fingerprint density at radius 2 is 1.52 bits per heavy atom. The molecular formula is C23H21NO3. The smallest absolute Gasteiger partial charge is 0.246 e. The van der Waals surface area contributed by atoms with E-state index in [0.29, 0.717) is 11.5 Å². The van der Waals surface area contributed by atoms with E-state index in [0.717, 1.165) is 22.4 Å². The SMILES string of the molecule is COc1ccc(C2(c3ccccc3)C(=O)N(C)c3ccccc32)c(OC)c1. The molecule has 0 spiro atoms. The van der Waals surface area contributed by atoms with Gasteiger partial charge in [-0.05, 0) is 23.8 Å². The fourth-order valence-corrected chi connectivity index (χ4v) is 4.05. The van der Waals surface area contributed by atoms with E-state index in [-0.39, 0.29) is 5.91 Å². The van der Waals surface area contributed by atoms with E-state index in [1.165, 1.54) is 0 Å². The average Bonchev–Trinajstić information content (AvgIpc) is 2.96. The number of fused-ring (bicyclic) bond motifs is 1. The molecule has 0 saturated carbocycles. The molecule has 0 fully saturated rings. The standard InChI is InChI=1S/C23H21NO3/c1-24-20-12-8-7-11-18(20)23(22(24)25,16-9-5-4-6-10-16)19-14-13-17(26-2)15-21(19)27-3/h4-15H,1-3H3. The number of para-hydroxylation sites is 1. The molecule has 3 aromatic rings. The van der Waals surface area contributed by atoms with Crippen LogP contribution in [0.5, 0.6) is 11.5 Å². The topological polar surface area (TPSA) is 38.8 Å². The zero-order valence-corrected chi connectivity index (χ0v) is 15.6. The van der Waals surface area contributed by atoms with Crippen molar-refractivity contribution in [2.24, 2.45) is 0 Å². The van der Waals surface area contributed by atoms with Gasteiger partial charge in [0.2, 0.25) is 5.91 Å². The summed E-state index contributed by atoms with van der Waals surface area (Å²) >= 11 is 0. The number of rotatable bonds is 4. The van der Waals surface area contributed by atoms with Crippen LogP contribution in [-0.4, -0.2) is 27.2 Å². The lowest BCUT2D eigenvalue weighted by molar-refractivity contribution is -0.120. The van der Waals surface area contributed by atoms with Crippen LogP contribution < -0.4 is 14.4 Å². The Bertz CT molecular complexity index is 1000. The molecule has 0 saturated heterocycles. The highest BCUT2D eigenvalue weighted by Gasteiger charge is 2.53. The quantitative estimate of drug-likeness (QED) is 0.706. The predicted molar refractivity (Wildman–Crippen MR) is 106 cm³/mol. The van der Waals surface area contributed by atoms with Gasteiger partial charge in [0, 0.05) is 29.9 Å². The molecule has 27 heavy (non-hydrogen) atoms. The molecule has 3 aromatic carbocycles. The molecule has 1 aliphatic heterocycles. The van der Waals surface area contributed by atoms with Gasteiger partial charge < -0.3 is 14.4 Å². The van der Waals surface area contributed by atoms with Gasteiger partial charge in [-0.3, -0.25) is 4.79 Å². The van der Waals surface area contributed by atoms with Crippen LogP contribution in [0, 0.1) is 0 Å². The number of anilines is 1. The normalized spacial score (nSPS) is 18.3. The minimum absolute atomic E-state index is 0.00151. The van der Waals surface area contributed by atoms with Gasteiger partial charge in [0.15, 0.2) is 0 Å². The highest BCUT2D eigenvalue weighted by atomic mass is 16.5. The molecule has 4 heteroatoms. The molecule has 4 nitrogen and oxygen atoms in total. The van der Waals surface area contributed by atoms with Gasteiger partial charge in [-0.1, -0.05) is 48.5 Å². The first-order chi connectivity index (χ1) is 13.1. The van der Waals surface area contributed by atoms with Crippen LogP contribution in [0.2, 0.25) is 0 Å². The first-order valence-corrected chi connectivity index (χ1v) is 8.80. The lowest BCUT2D eigenvalue weighted by Crippen LogP contribution is -2.41. The van der Waals surface area contributed by atoms with Gasteiger partial charge in [0.05, 0.1) is 14.2 Å². The molecule has 1 atom stereocenters. The zero-order valence-electron chi connectivity index (χ0n) is 15.6. The summed E-state index contributed by atoms with van der Waals surface area (Å²) in [5.41, 5.74) is 2.61. The molecule has 1 amide bonds. The van der Waals surface area contributed by atoms with Crippen molar-refractivity contribution in [1.29, 1.82) is 0 Å². The van der Waals surface area contributed by atoms with Crippen molar-refractivity contribution in [2.75, 3.05) is 26.2 Å². The summed E-state index contributed by atoms with van der Waals surface area (Å²) in [5, 5.41) is 0. The van der Waals surface area contributed by atoms with Crippen molar-refractivity contribution in [3.63, 3.8) is 0 Å². The first-order valence-electron chi connectivity index (χ1n) is 8.80. The molecule has 1 unspecified atom stereocenters. The van der Waals surface area contributed by atoms with Crippen molar-refractivity contribution in [3.05, 3.63) is 89.5 Å². The van der Waals surface area contributed by atoms with E-state index >= 15 is 0 Å². The molecule has 0 aliphatic carbocycles.